The second kappa shape index (κ2) is 6.34. The van der Waals surface area contributed by atoms with Crippen molar-refractivity contribution in [3.05, 3.63) is 0 Å². The van der Waals surface area contributed by atoms with E-state index in [0.29, 0.717) is 6.42 Å². The molecule has 5 heteroatoms. The average molecular weight is 210 g/mol. The predicted molar refractivity (Wildman–Crippen MR) is 51.2 cm³/mol. The molecule has 1 atom stereocenters. The molecule has 0 aliphatic carbocycles. The van der Waals surface area contributed by atoms with Crippen LogP contribution in [0, 0.1) is 0 Å². The van der Waals surface area contributed by atoms with Gasteiger partial charge in [-0.1, -0.05) is 26.2 Å². The summed E-state index contributed by atoms with van der Waals surface area (Å²) < 4.78 is 30.3. The fourth-order valence-electron chi connectivity index (χ4n) is 1.21. The van der Waals surface area contributed by atoms with Gasteiger partial charge in [-0.05, 0) is 12.8 Å². The molecular formula is C8H18O4S. The van der Waals surface area contributed by atoms with E-state index in [-0.39, 0.29) is 13.0 Å². The molecule has 0 saturated carbocycles. The number of rotatable bonds is 7. The molecule has 0 heterocycles. The summed E-state index contributed by atoms with van der Waals surface area (Å²) in [6.45, 7) is 1.82. The molecule has 0 spiro atoms. The standard InChI is InChI=1S/C8H18O4S/c1-2-3-4-5-8(6-7-9)13(10,11)12/h8-9H,2-7H2,1H3,(H,10,11,12). The fourth-order valence-corrected chi connectivity index (χ4v) is 2.08. The maximum Gasteiger partial charge on any atom is 0.267 e. The van der Waals surface area contributed by atoms with Gasteiger partial charge in [-0.15, -0.1) is 0 Å². The largest absolute Gasteiger partial charge is 0.396 e. The second-order valence-corrected chi connectivity index (χ2v) is 4.84. The molecule has 0 aliphatic heterocycles. The van der Waals surface area contributed by atoms with E-state index in [4.69, 9.17) is 9.66 Å². The first-order valence-corrected chi connectivity index (χ1v) is 6.09. The topological polar surface area (TPSA) is 74.6 Å². The number of unbranched alkanes of at least 4 members (excludes halogenated alkanes) is 2. The van der Waals surface area contributed by atoms with Gasteiger partial charge >= 0.3 is 0 Å². The smallest absolute Gasteiger partial charge is 0.267 e. The Morgan fingerprint density at radius 1 is 1.23 bits per heavy atom. The lowest BCUT2D eigenvalue weighted by Gasteiger charge is -2.11. The van der Waals surface area contributed by atoms with Crippen LogP contribution in [0.4, 0.5) is 0 Å². The molecule has 0 bridgehead atoms. The molecule has 0 aliphatic rings. The Hall–Kier alpha value is -0.130. The normalized spacial score (nSPS) is 14.4. The highest BCUT2D eigenvalue weighted by atomic mass is 32.2. The zero-order chi connectivity index (χ0) is 10.3. The van der Waals surface area contributed by atoms with E-state index in [0.717, 1.165) is 19.3 Å². The van der Waals surface area contributed by atoms with E-state index in [1.54, 1.807) is 0 Å². The van der Waals surface area contributed by atoms with Crippen molar-refractivity contribution in [2.45, 2.75) is 44.3 Å². The van der Waals surface area contributed by atoms with Crippen molar-refractivity contribution in [2.24, 2.45) is 0 Å². The van der Waals surface area contributed by atoms with Crippen LogP contribution in [-0.4, -0.2) is 29.9 Å². The van der Waals surface area contributed by atoms with Crippen LogP contribution in [0.1, 0.15) is 39.0 Å². The molecule has 0 rings (SSSR count). The maximum atomic E-state index is 10.8. The van der Waals surface area contributed by atoms with Crippen molar-refractivity contribution >= 4 is 10.1 Å². The van der Waals surface area contributed by atoms with Crippen LogP contribution in [0.3, 0.4) is 0 Å². The quantitative estimate of drug-likeness (QED) is 0.489. The zero-order valence-corrected chi connectivity index (χ0v) is 8.76. The average Bonchev–Trinajstić information content (AvgIpc) is 2.01. The van der Waals surface area contributed by atoms with E-state index in [1.807, 2.05) is 6.92 Å². The van der Waals surface area contributed by atoms with Crippen LogP contribution >= 0.6 is 0 Å². The van der Waals surface area contributed by atoms with Crippen LogP contribution in [0.25, 0.3) is 0 Å². The third kappa shape index (κ3) is 6.01. The fraction of sp³-hybridized carbons (Fsp3) is 1.00. The summed E-state index contributed by atoms with van der Waals surface area (Å²) in [5.41, 5.74) is 0. The van der Waals surface area contributed by atoms with E-state index >= 15 is 0 Å². The molecule has 4 nitrogen and oxygen atoms in total. The molecule has 0 aromatic heterocycles. The first-order chi connectivity index (χ1) is 6.02. The minimum atomic E-state index is -3.97. The van der Waals surface area contributed by atoms with Crippen molar-refractivity contribution in [1.82, 2.24) is 0 Å². The molecule has 0 amide bonds. The van der Waals surface area contributed by atoms with Gasteiger partial charge in [-0.25, -0.2) is 0 Å². The number of aliphatic hydroxyl groups excluding tert-OH is 1. The highest BCUT2D eigenvalue weighted by Crippen LogP contribution is 2.13. The van der Waals surface area contributed by atoms with Crippen molar-refractivity contribution < 1.29 is 18.1 Å². The van der Waals surface area contributed by atoms with E-state index in [2.05, 4.69) is 0 Å². The van der Waals surface area contributed by atoms with Gasteiger partial charge < -0.3 is 5.11 Å². The predicted octanol–water partition coefficient (Wildman–Crippen LogP) is 1.21. The third-order valence-electron chi connectivity index (χ3n) is 2.00. The first-order valence-electron chi connectivity index (χ1n) is 4.59. The summed E-state index contributed by atoms with van der Waals surface area (Å²) in [6.07, 6.45) is 3.31. The summed E-state index contributed by atoms with van der Waals surface area (Å²) in [4.78, 5) is 0. The lowest BCUT2D eigenvalue weighted by Crippen LogP contribution is -2.21. The number of hydrogen-bond acceptors (Lipinski definition) is 3. The minimum Gasteiger partial charge on any atom is -0.396 e. The Morgan fingerprint density at radius 2 is 1.85 bits per heavy atom. The molecule has 1 unspecified atom stereocenters. The van der Waals surface area contributed by atoms with E-state index in [1.165, 1.54) is 0 Å². The van der Waals surface area contributed by atoms with Gasteiger partial charge in [-0.2, -0.15) is 8.42 Å². The van der Waals surface area contributed by atoms with Gasteiger partial charge in [0.05, 0.1) is 5.25 Å². The molecule has 0 radical (unpaired) electrons. The summed E-state index contributed by atoms with van der Waals surface area (Å²) >= 11 is 0. The molecule has 13 heavy (non-hydrogen) atoms. The first kappa shape index (κ1) is 12.9. The summed E-state index contributed by atoms with van der Waals surface area (Å²) in [6, 6.07) is 0. The lowest BCUT2D eigenvalue weighted by molar-refractivity contribution is 0.279. The second-order valence-electron chi connectivity index (χ2n) is 3.15. The van der Waals surface area contributed by atoms with Crippen LogP contribution in [0.5, 0.6) is 0 Å². The summed E-state index contributed by atoms with van der Waals surface area (Å²) in [7, 11) is -3.97. The highest BCUT2D eigenvalue weighted by Gasteiger charge is 2.21. The molecule has 80 valence electrons. The third-order valence-corrected chi connectivity index (χ3v) is 3.32. The highest BCUT2D eigenvalue weighted by molar-refractivity contribution is 7.86. The van der Waals surface area contributed by atoms with Crippen molar-refractivity contribution in [1.29, 1.82) is 0 Å². The Kier molecular flexibility index (Phi) is 6.28. The van der Waals surface area contributed by atoms with Crippen LogP contribution in [-0.2, 0) is 10.1 Å². The molecule has 2 N–H and O–H groups in total. The Morgan fingerprint density at radius 3 is 2.23 bits per heavy atom. The van der Waals surface area contributed by atoms with Gasteiger partial charge in [0, 0.05) is 6.61 Å². The molecule has 0 fully saturated rings. The Balaban J connectivity index is 3.96. The van der Waals surface area contributed by atoms with E-state index in [9.17, 15) is 8.42 Å². The molecule has 0 aromatic carbocycles. The number of hydrogen-bond donors (Lipinski definition) is 2. The maximum absolute atomic E-state index is 10.8. The van der Waals surface area contributed by atoms with Crippen molar-refractivity contribution in [3.8, 4) is 0 Å². The Bertz CT molecular complexity index is 210. The van der Waals surface area contributed by atoms with Crippen molar-refractivity contribution in [3.63, 3.8) is 0 Å². The number of aliphatic hydroxyl groups is 1. The molecular weight excluding hydrogens is 192 g/mol. The monoisotopic (exact) mass is 210 g/mol. The lowest BCUT2D eigenvalue weighted by atomic mass is 10.1. The minimum absolute atomic E-state index is 0.128. The van der Waals surface area contributed by atoms with Gasteiger partial charge in [-0.3, -0.25) is 4.55 Å². The van der Waals surface area contributed by atoms with Gasteiger partial charge in [0.2, 0.25) is 0 Å². The van der Waals surface area contributed by atoms with Gasteiger partial charge in [0.15, 0.2) is 0 Å². The molecule has 0 saturated heterocycles. The van der Waals surface area contributed by atoms with Crippen LogP contribution < -0.4 is 0 Å². The van der Waals surface area contributed by atoms with Gasteiger partial charge in [0.25, 0.3) is 10.1 Å². The van der Waals surface area contributed by atoms with Gasteiger partial charge in [0.1, 0.15) is 0 Å². The summed E-state index contributed by atoms with van der Waals surface area (Å²) in [5, 5.41) is 7.79. The van der Waals surface area contributed by atoms with Crippen LogP contribution in [0.15, 0.2) is 0 Å². The van der Waals surface area contributed by atoms with Crippen LogP contribution in [0.2, 0.25) is 0 Å². The van der Waals surface area contributed by atoms with Crippen molar-refractivity contribution in [2.75, 3.05) is 6.61 Å². The zero-order valence-electron chi connectivity index (χ0n) is 7.94. The Labute approximate surface area is 79.7 Å². The SMILES string of the molecule is CCCCCC(CCO)S(=O)(=O)O. The summed E-state index contributed by atoms with van der Waals surface area (Å²) in [5.74, 6) is 0. The van der Waals surface area contributed by atoms with E-state index < -0.39 is 15.4 Å². The molecule has 0 aromatic rings.